The number of fused-ring (bicyclic) bond motifs is 2. The van der Waals surface area contributed by atoms with Crippen molar-refractivity contribution in [3.05, 3.63) is 54.1 Å². The van der Waals surface area contributed by atoms with E-state index in [1.165, 1.54) is 29.7 Å². The third-order valence-corrected chi connectivity index (χ3v) is 7.93. The molecule has 1 N–H and O–H groups in total. The molecule has 0 radical (unpaired) electrons. The number of halogens is 1. The van der Waals surface area contributed by atoms with Gasteiger partial charge in [0.1, 0.15) is 11.4 Å². The Morgan fingerprint density at radius 3 is 2.39 bits per heavy atom. The van der Waals surface area contributed by atoms with E-state index >= 15 is 0 Å². The lowest BCUT2D eigenvalue weighted by atomic mass is 9.63. The van der Waals surface area contributed by atoms with Gasteiger partial charge in [-0.25, -0.2) is 13.4 Å². The van der Waals surface area contributed by atoms with Crippen molar-refractivity contribution in [2.45, 2.75) is 29.8 Å². The number of rotatable bonds is 4. The molecule has 28 heavy (non-hydrogen) atoms. The van der Waals surface area contributed by atoms with Crippen LogP contribution in [0, 0.1) is 17.8 Å². The molecule has 2 fully saturated rings. The summed E-state index contributed by atoms with van der Waals surface area (Å²) in [6.45, 7) is 0.297. The third kappa shape index (κ3) is 3.00. The van der Waals surface area contributed by atoms with E-state index in [1.807, 2.05) is 0 Å². The first-order chi connectivity index (χ1) is 13.4. The minimum Gasteiger partial charge on any atom is -0.497 e. The van der Waals surface area contributed by atoms with E-state index in [0.29, 0.717) is 18.6 Å². The number of nitrogens with zero attached hydrogens (tertiary/aromatic N) is 2. The lowest BCUT2D eigenvalue weighted by molar-refractivity contribution is -0.135. The Kier molecular flexibility index (Phi) is 4.89. The second kappa shape index (κ2) is 7.09. The van der Waals surface area contributed by atoms with Crippen LogP contribution in [0.15, 0.2) is 47.5 Å². The zero-order valence-corrected chi connectivity index (χ0v) is 16.4. The van der Waals surface area contributed by atoms with Gasteiger partial charge in [0.05, 0.1) is 12.0 Å². The predicted molar refractivity (Wildman–Crippen MR) is 101 cm³/mol. The molecule has 2 aromatic rings. The summed E-state index contributed by atoms with van der Waals surface area (Å²) in [7, 11) is -2.19. The highest BCUT2D eigenvalue weighted by atomic mass is 32.2. The molecule has 2 atom stereocenters. The number of piperidine rings is 1. The molecule has 6 nitrogen and oxygen atoms in total. The normalized spacial score (nSPS) is 28.1. The molecule has 150 valence electrons. The zero-order valence-electron chi connectivity index (χ0n) is 15.6. The molecule has 2 aliphatic rings. The van der Waals surface area contributed by atoms with Gasteiger partial charge in [-0.2, -0.15) is 8.70 Å². The van der Waals surface area contributed by atoms with Crippen LogP contribution in [0.1, 0.15) is 24.8 Å². The van der Waals surface area contributed by atoms with Gasteiger partial charge in [-0.1, -0.05) is 12.5 Å². The number of hydrogen-bond donors (Lipinski definition) is 1. The van der Waals surface area contributed by atoms with E-state index in [2.05, 4.69) is 4.98 Å². The summed E-state index contributed by atoms with van der Waals surface area (Å²) in [6.07, 6.45) is 3.50. The highest BCUT2D eigenvalue weighted by Gasteiger charge is 2.54. The van der Waals surface area contributed by atoms with Crippen LogP contribution in [-0.2, 0) is 15.6 Å². The summed E-state index contributed by atoms with van der Waals surface area (Å²) >= 11 is 0. The first-order valence-corrected chi connectivity index (χ1v) is 10.8. The van der Waals surface area contributed by atoms with Crippen molar-refractivity contribution < 1.29 is 22.7 Å². The quantitative estimate of drug-likeness (QED) is 0.790. The van der Waals surface area contributed by atoms with Gasteiger partial charge in [-0.05, 0) is 43.2 Å². The monoisotopic (exact) mass is 406 g/mol. The Balaban J connectivity index is 1.67. The second-order valence-corrected chi connectivity index (χ2v) is 9.43. The molecule has 1 saturated heterocycles. The molecular formula is C20H23FN2O4S. The number of hydrogen-bond acceptors (Lipinski definition) is 5. The maximum absolute atomic E-state index is 14.4. The lowest BCUT2D eigenvalue weighted by Crippen LogP contribution is -2.59. The van der Waals surface area contributed by atoms with E-state index in [-0.39, 0.29) is 35.4 Å². The van der Waals surface area contributed by atoms with Crippen LogP contribution in [0.25, 0.3) is 0 Å². The van der Waals surface area contributed by atoms with Gasteiger partial charge in [0.2, 0.25) is 16.0 Å². The van der Waals surface area contributed by atoms with E-state index < -0.39 is 21.6 Å². The van der Waals surface area contributed by atoms with Gasteiger partial charge in [0.15, 0.2) is 0 Å². The third-order valence-electron chi connectivity index (χ3n) is 6.09. The molecule has 1 aliphatic heterocycles. The number of pyridine rings is 1. The van der Waals surface area contributed by atoms with Gasteiger partial charge in [-0.3, -0.25) is 0 Å². The minimum atomic E-state index is -3.71. The summed E-state index contributed by atoms with van der Waals surface area (Å²) in [6, 6.07) is 9.42. The Bertz CT molecular complexity index is 950. The topological polar surface area (TPSA) is 79.7 Å². The average molecular weight is 406 g/mol. The molecule has 2 bridgehead atoms. The minimum absolute atomic E-state index is 0.149. The summed E-state index contributed by atoms with van der Waals surface area (Å²) in [5, 5.41) is 11.5. The number of benzene rings is 1. The van der Waals surface area contributed by atoms with Crippen molar-refractivity contribution in [3.8, 4) is 5.75 Å². The van der Waals surface area contributed by atoms with Gasteiger partial charge < -0.3 is 9.84 Å². The summed E-state index contributed by atoms with van der Waals surface area (Å²) in [4.78, 5) is 3.87. The fourth-order valence-electron chi connectivity index (χ4n) is 4.63. The maximum atomic E-state index is 14.4. The second-order valence-electron chi connectivity index (χ2n) is 7.49. The summed E-state index contributed by atoms with van der Waals surface area (Å²) in [5.41, 5.74) is -1.23. The van der Waals surface area contributed by atoms with Gasteiger partial charge in [0, 0.05) is 36.7 Å². The van der Waals surface area contributed by atoms with Crippen LogP contribution in [0.5, 0.6) is 5.75 Å². The van der Waals surface area contributed by atoms with Crippen LogP contribution in [0.3, 0.4) is 0 Å². The van der Waals surface area contributed by atoms with Gasteiger partial charge in [0.25, 0.3) is 0 Å². The maximum Gasteiger partial charge on any atom is 0.243 e. The number of sulfonamides is 1. The van der Waals surface area contributed by atoms with E-state index in [1.54, 1.807) is 24.3 Å². The number of aliphatic hydroxyl groups is 1. The molecular weight excluding hydrogens is 383 g/mol. The van der Waals surface area contributed by atoms with Crippen molar-refractivity contribution in [2.75, 3.05) is 20.2 Å². The van der Waals surface area contributed by atoms with Crippen LogP contribution in [-0.4, -0.2) is 43.0 Å². The van der Waals surface area contributed by atoms with E-state index in [0.717, 1.165) is 6.42 Å². The zero-order chi connectivity index (χ0) is 19.9. The standard InChI is InChI=1S/C20H23FN2O4S/c1-27-16-7-9-17(10-8-16)28(25,26)23-12-14-4-2-5-15(13-23)20(14,24)18-6-3-11-22-19(18)21/h3,6-11,14-15,24H,2,4-5,12-13H2,1H3/t14-,15-/m0/s1. The Hall–Kier alpha value is -2.03. The van der Waals surface area contributed by atoms with Crippen LogP contribution >= 0.6 is 0 Å². The largest absolute Gasteiger partial charge is 0.497 e. The molecule has 4 rings (SSSR count). The first-order valence-electron chi connectivity index (χ1n) is 9.35. The molecule has 1 saturated carbocycles. The molecule has 0 amide bonds. The molecule has 1 aromatic heterocycles. The molecule has 0 spiro atoms. The van der Waals surface area contributed by atoms with E-state index in [9.17, 15) is 17.9 Å². The van der Waals surface area contributed by atoms with Crippen molar-refractivity contribution in [3.63, 3.8) is 0 Å². The van der Waals surface area contributed by atoms with E-state index in [4.69, 9.17) is 4.74 Å². The van der Waals surface area contributed by atoms with Crippen molar-refractivity contribution in [1.29, 1.82) is 0 Å². The predicted octanol–water partition coefficient (Wildman–Crippen LogP) is 2.54. The highest BCUT2D eigenvalue weighted by Crippen LogP contribution is 2.50. The fourth-order valence-corrected chi connectivity index (χ4v) is 6.16. The molecule has 0 unspecified atom stereocenters. The van der Waals surface area contributed by atoms with Crippen LogP contribution < -0.4 is 4.74 Å². The van der Waals surface area contributed by atoms with Crippen LogP contribution in [0.2, 0.25) is 0 Å². The van der Waals surface area contributed by atoms with Crippen molar-refractivity contribution >= 4 is 10.0 Å². The lowest BCUT2D eigenvalue weighted by Gasteiger charge is -2.52. The molecule has 1 aromatic carbocycles. The fraction of sp³-hybridized carbons (Fsp3) is 0.450. The molecule has 2 heterocycles. The first kappa shape index (κ1) is 19.3. The highest BCUT2D eigenvalue weighted by molar-refractivity contribution is 7.89. The smallest absolute Gasteiger partial charge is 0.243 e. The number of aromatic nitrogens is 1. The SMILES string of the molecule is COc1ccc(S(=O)(=O)N2C[C@@H]3CCC[C@@H](C2)C3(O)c2cccnc2F)cc1. The van der Waals surface area contributed by atoms with Crippen molar-refractivity contribution in [2.24, 2.45) is 11.8 Å². The Labute approximate surface area is 164 Å². The molecule has 8 heteroatoms. The summed E-state index contributed by atoms with van der Waals surface area (Å²) < 4.78 is 47.2. The Morgan fingerprint density at radius 1 is 1.18 bits per heavy atom. The summed E-state index contributed by atoms with van der Waals surface area (Å²) in [5.74, 6) is -0.873. The number of ether oxygens (including phenoxy) is 1. The van der Waals surface area contributed by atoms with Crippen molar-refractivity contribution in [1.82, 2.24) is 9.29 Å². The van der Waals surface area contributed by atoms with Crippen LogP contribution in [0.4, 0.5) is 4.39 Å². The number of methoxy groups -OCH3 is 1. The molecule has 1 aliphatic carbocycles. The average Bonchev–Trinajstić information content (AvgIpc) is 2.68. The van der Waals surface area contributed by atoms with Gasteiger partial charge in [-0.15, -0.1) is 0 Å². The van der Waals surface area contributed by atoms with Gasteiger partial charge >= 0.3 is 0 Å². The Morgan fingerprint density at radius 2 is 1.82 bits per heavy atom.